The van der Waals surface area contributed by atoms with E-state index in [2.05, 4.69) is 23.6 Å². The number of rotatable bonds is 0. The smallest absolute Gasteiger partial charge is 0.232 e. The standard InChI is InChI=1S/C12H14N2O/c1-8-3-2-4-9-10(8)13-7-12(5-6-12)11(15)14-9/h2-4,13H,5-7H2,1H3,(H,14,15). The SMILES string of the molecule is Cc1cccc2c1NCC1(CC1)C(=O)N2. The normalized spacial score (nSPS) is 21.3. The summed E-state index contributed by atoms with van der Waals surface area (Å²) in [5, 5.41) is 6.41. The van der Waals surface area contributed by atoms with Crippen LogP contribution in [-0.4, -0.2) is 12.5 Å². The van der Waals surface area contributed by atoms with Gasteiger partial charge in [0, 0.05) is 6.54 Å². The third-order valence-electron chi connectivity index (χ3n) is 3.46. The number of carbonyl (C=O) groups is 1. The Morgan fingerprint density at radius 1 is 1.33 bits per heavy atom. The predicted octanol–water partition coefficient (Wildman–Crippen LogP) is 2.14. The number of aryl methyl sites for hydroxylation is 1. The maximum absolute atomic E-state index is 11.9. The van der Waals surface area contributed by atoms with Gasteiger partial charge in [-0.15, -0.1) is 0 Å². The van der Waals surface area contributed by atoms with E-state index in [1.54, 1.807) is 0 Å². The molecule has 0 unspecified atom stereocenters. The van der Waals surface area contributed by atoms with Crippen molar-refractivity contribution in [3.8, 4) is 0 Å². The molecule has 0 bridgehead atoms. The molecule has 2 N–H and O–H groups in total. The fraction of sp³-hybridized carbons (Fsp3) is 0.417. The predicted molar refractivity (Wildman–Crippen MR) is 60.0 cm³/mol. The van der Waals surface area contributed by atoms with E-state index in [1.165, 1.54) is 5.56 Å². The first-order valence-corrected chi connectivity index (χ1v) is 5.36. The summed E-state index contributed by atoms with van der Waals surface area (Å²) in [6, 6.07) is 5.98. The van der Waals surface area contributed by atoms with Gasteiger partial charge in [0.2, 0.25) is 5.91 Å². The van der Waals surface area contributed by atoms with Crippen LogP contribution >= 0.6 is 0 Å². The Hall–Kier alpha value is -1.51. The Kier molecular flexibility index (Phi) is 1.61. The lowest BCUT2D eigenvalue weighted by Gasteiger charge is -2.10. The summed E-state index contributed by atoms with van der Waals surface area (Å²) in [6.07, 6.45) is 2.03. The minimum atomic E-state index is -0.120. The highest BCUT2D eigenvalue weighted by Gasteiger charge is 2.50. The fourth-order valence-corrected chi connectivity index (χ4v) is 2.15. The number of amides is 1. The number of para-hydroxylation sites is 1. The molecule has 0 saturated heterocycles. The average molecular weight is 202 g/mol. The number of carbonyl (C=O) groups excluding carboxylic acids is 1. The van der Waals surface area contributed by atoms with Crippen LogP contribution in [0.15, 0.2) is 18.2 Å². The summed E-state index contributed by atoms with van der Waals surface area (Å²) in [5.74, 6) is 0.180. The number of anilines is 2. The zero-order chi connectivity index (χ0) is 10.5. The van der Waals surface area contributed by atoms with Crippen LogP contribution in [0.1, 0.15) is 18.4 Å². The van der Waals surface area contributed by atoms with E-state index in [0.717, 1.165) is 30.8 Å². The fourth-order valence-electron chi connectivity index (χ4n) is 2.15. The van der Waals surface area contributed by atoms with Gasteiger partial charge in [-0.1, -0.05) is 12.1 Å². The maximum atomic E-state index is 11.9. The van der Waals surface area contributed by atoms with Gasteiger partial charge in [-0.25, -0.2) is 0 Å². The Balaban J connectivity index is 2.04. The van der Waals surface area contributed by atoms with Crippen molar-refractivity contribution in [2.24, 2.45) is 5.41 Å². The Morgan fingerprint density at radius 2 is 2.13 bits per heavy atom. The van der Waals surface area contributed by atoms with Gasteiger partial charge in [-0.3, -0.25) is 4.79 Å². The lowest BCUT2D eigenvalue weighted by Crippen LogP contribution is -2.27. The van der Waals surface area contributed by atoms with Gasteiger partial charge in [0.25, 0.3) is 0 Å². The van der Waals surface area contributed by atoms with Crippen molar-refractivity contribution in [3.63, 3.8) is 0 Å². The maximum Gasteiger partial charge on any atom is 0.232 e. The zero-order valence-electron chi connectivity index (χ0n) is 8.76. The van der Waals surface area contributed by atoms with Crippen LogP contribution in [0.25, 0.3) is 0 Å². The molecule has 1 amide bonds. The summed E-state index contributed by atoms with van der Waals surface area (Å²) in [6.45, 7) is 2.83. The quantitative estimate of drug-likeness (QED) is 0.676. The van der Waals surface area contributed by atoms with Crippen LogP contribution in [0.4, 0.5) is 11.4 Å². The summed E-state index contributed by atoms with van der Waals surface area (Å²) < 4.78 is 0. The monoisotopic (exact) mass is 202 g/mol. The average Bonchev–Trinajstić information content (AvgIpc) is 2.98. The van der Waals surface area contributed by atoms with Crippen LogP contribution in [0, 0.1) is 12.3 Å². The Bertz CT molecular complexity index is 435. The van der Waals surface area contributed by atoms with Gasteiger partial charge in [-0.05, 0) is 31.4 Å². The summed E-state index contributed by atoms with van der Waals surface area (Å²) in [4.78, 5) is 11.9. The van der Waals surface area contributed by atoms with Crippen LogP contribution in [0.2, 0.25) is 0 Å². The molecule has 1 aromatic carbocycles. The molecule has 0 atom stereocenters. The first-order chi connectivity index (χ1) is 7.21. The molecule has 78 valence electrons. The van der Waals surface area contributed by atoms with E-state index >= 15 is 0 Å². The highest BCUT2D eigenvalue weighted by atomic mass is 16.2. The van der Waals surface area contributed by atoms with Crippen molar-refractivity contribution in [2.75, 3.05) is 17.2 Å². The third-order valence-corrected chi connectivity index (χ3v) is 3.46. The third kappa shape index (κ3) is 1.23. The van der Waals surface area contributed by atoms with Gasteiger partial charge in [0.05, 0.1) is 16.8 Å². The van der Waals surface area contributed by atoms with Crippen molar-refractivity contribution in [1.82, 2.24) is 0 Å². The van der Waals surface area contributed by atoms with Crippen molar-refractivity contribution >= 4 is 17.3 Å². The summed E-state index contributed by atoms with van der Waals surface area (Å²) >= 11 is 0. The summed E-state index contributed by atoms with van der Waals surface area (Å²) in [7, 11) is 0. The molecular weight excluding hydrogens is 188 g/mol. The lowest BCUT2D eigenvalue weighted by atomic mass is 10.1. The van der Waals surface area contributed by atoms with E-state index in [9.17, 15) is 4.79 Å². The second-order valence-electron chi connectivity index (χ2n) is 4.59. The zero-order valence-corrected chi connectivity index (χ0v) is 8.76. The van der Waals surface area contributed by atoms with Crippen LogP contribution < -0.4 is 10.6 Å². The molecule has 1 aliphatic carbocycles. The molecule has 15 heavy (non-hydrogen) atoms. The second-order valence-corrected chi connectivity index (χ2v) is 4.59. The van der Waals surface area contributed by atoms with Gasteiger partial charge in [-0.2, -0.15) is 0 Å². The van der Waals surface area contributed by atoms with Gasteiger partial charge < -0.3 is 10.6 Å². The van der Waals surface area contributed by atoms with E-state index < -0.39 is 0 Å². The minimum absolute atomic E-state index is 0.120. The summed E-state index contributed by atoms with van der Waals surface area (Å²) in [5.41, 5.74) is 3.06. The molecule has 1 aliphatic heterocycles. The highest BCUT2D eigenvalue weighted by Crippen LogP contribution is 2.48. The second kappa shape index (κ2) is 2.75. The number of nitrogens with one attached hydrogen (secondary N) is 2. The minimum Gasteiger partial charge on any atom is -0.382 e. The Labute approximate surface area is 88.9 Å². The molecule has 3 rings (SSSR count). The van der Waals surface area contributed by atoms with E-state index in [1.807, 2.05) is 12.1 Å². The molecule has 1 aromatic rings. The molecule has 3 nitrogen and oxygen atoms in total. The topological polar surface area (TPSA) is 41.1 Å². The number of fused-ring (bicyclic) bond motifs is 1. The van der Waals surface area contributed by atoms with Gasteiger partial charge in [0.1, 0.15) is 0 Å². The first kappa shape index (κ1) is 8.77. The van der Waals surface area contributed by atoms with Crippen molar-refractivity contribution < 1.29 is 4.79 Å². The number of hydrogen-bond acceptors (Lipinski definition) is 2. The molecule has 2 aliphatic rings. The van der Waals surface area contributed by atoms with Crippen LogP contribution in [0.3, 0.4) is 0 Å². The molecule has 1 saturated carbocycles. The van der Waals surface area contributed by atoms with Crippen molar-refractivity contribution in [3.05, 3.63) is 23.8 Å². The molecule has 1 spiro atoms. The largest absolute Gasteiger partial charge is 0.382 e. The van der Waals surface area contributed by atoms with E-state index in [4.69, 9.17) is 0 Å². The van der Waals surface area contributed by atoms with Crippen LogP contribution in [-0.2, 0) is 4.79 Å². The number of hydrogen-bond donors (Lipinski definition) is 2. The molecule has 1 fully saturated rings. The molecule has 0 radical (unpaired) electrons. The lowest BCUT2D eigenvalue weighted by molar-refractivity contribution is -0.120. The molecular formula is C12H14N2O. The van der Waals surface area contributed by atoms with E-state index in [-0.39, 0.29) is 11.3 Å². The first-order valence-electron chi connectivity index (χ1n) is 5.36. The van der Waals surface area contributed by atoms with Gasteiger partial charge in [0.15, 0.2) is 0 Å². The molecule has 0 aromatic heterocycles. The van der Waals surface area contributed by atoms with Crippen LogP contribution in [0.5, 0.6) is 0 Å². The van der Waals surface area contributed by atoms with Crippen molar-refractivity contribution in [1.29, 1.82) is 0 Å². The molecule has 1 heterocycles. The van der Waals surface area contributed by atoms with E-state index in [0.29, 0.717) is 0 Å². The number of benzene rings is 1. The highest BCUT2D eigenvalue weighted by molar-refractivity contribution is 6.01. The Morgan fingerprint density at radius 3 is 2.87 bits per heavy atom. The van der Waals surface area contributed by atoms with Crippen molar-refractivity contribution in [2.45, 2.75) is 19.8 Å². The van der Waals surface area contributed by atoms with Gasteiger partial charge >= 0.3 is 0 Å². The molecule has 3 heteroatoms.